The van der Waals surface area contributed by atoms with Gasteiger partial charge in [-0.25, -0.2) is 0 Å². The number of carbonyl (C=O) groups excluding carboxylic acids is 1. The molecule has 0 aliphatic carbocycles. The molecule has 0 spiro atoms. The van der Waals surface area contributed by atoms with E-state index in [0.717, 1.165) is 57.0 Å². The second-order valence-electron chi connectivity index (χ2n) is 8.80. The van der Waals surface area contributed by atoms with Gasteiger partial charge in [-0.2, -0.15) is 0 Å². The first-order valence-electron chi connectivity index (χ1n) is 11.2. The minimum Gasteiger partial charge on any atom is -0.497 e. The van der Waals surface area contributed by atoms with E-state index >= 15 is 0 Å². The molecule has 0 radical (unpaired) electrons. The Morgan fingerprint density at radius 1 is 1.26 bits per heavy atom. The van der Waals surface area contributed by atoms with Crippen molar-refractivity contribution in [2.24, 2.45) is 10.9 Å². The first kappa shape index (κ1) is 27.5. The van der Waals surface area contributed by atoms with Gasteiger partial charge in [-0.15, -0.1) is 24.0 Å². The second kappa shape index (κ2) is 13.1. The zero-order chi connectivity index (χ0) is 22.1. The number of amides is 1. The van der Waals surface area contributed by atoms with Crippen molar-refractivity contribution in [2.45, 2.75) is 64.8 Å². The lowest BCUT2D eigenvalue weighted by molar-refractivity contribution is -0.136. The van der Waals surface area contributed by atoms with Crippen molar-refractivity contribution in [3.63, 3.8) is 0 Å². The van der Waals surface area contributed by atoms with Crippen LogP contribution < -0.4 is 15.4 Å². The number of benzene rings is 1. The van der Waals surface area contributed by atoms with E-state index in [1.165, 1.54) is 5.56 Å². The van der Waals surface area contributed by atoms with Gasteiger partial charge in [0.25, 0.3) is 0 Å². The van der Waals surface area contributed by atoms with Crippen molar-refractivity contribution < 1.29 is 9.53 Å². The summed E-state index contributed by atoms with van der Waals surface area (Å²) in [6, 6.07) is 8.55. The van der Waals surface area contributed by atoms with Crippen molar-refractivity contribution in [3.8, 4) is 5.75 Å². The SMILES string of the molecule is CCC(CC)C(=O)N1CCC(NC(=NC)NCC(C)(C)c2cccc(OC)c2)CC1.I. The average molecular weight is 545 g/mol. The van der Waals surface area contributed by atoms with E-state index < -0.39 is 0 Å². The standard InChI is InChI=1S/C24H40N4O2.HI/c1-7-18(8-2)22(29)28-14-12-20(13-15-28)27-23(25-5)26-17-24(3,4)19-10-9-11-21(16-19)30-6;/h9-11,16,18,20H,7-8,12-15,17H2,1-6H3,(H2,25,26,27);1H. The smallest absolute Gasteiger partial charge is 0.225 e. The maximum atomic E-state index is 12.6. The van der Waals surface area contributed by atoms with Crippen LogP contribution in [0.4, 0.5) is 0 Å². The summed E-state index contributed by atoms with van der Waals surface area (Å²) >= 11 is 0. The monoisotopic (exact) mass is 544 g/mol. The van der Waals surface area contributed by atoms with Gasteiger partial charge >= 0.3 is 0 Å². The molecular weight excluding hydrogens is 503 g/mol. The highest BCUT2D eigenvalue weighted by Gasteiger charge is 2.27. The summed E-state index contributed by atoms with van der Waals surface area (Å²) in [6.07, 6.45) is 3.75. The molecule has 0 unspecified atom stereocenters. The number of ether oxygens (including phenoxy) is 1. The Labute approximate surface area is 205 Å². The number of guanidine groups is 1. The molecule has 0 bridgehead atoms. The van der Waals surface area contributed by atoms with Gasteiger partial charge in [0.15, 0.2) is 5.96 Å². The van der Waals surface area contributed by atoms with Crippen molar-refractivity contribution in [3.05, 3.63) is 29.8 Å². The highest BCUT2D eigenvalue weighted by Crippen LogP contribution is 2.25. The van der Waals surface area contributed by atoms with E-state index in [1.54, 1.807) is 14.2 Å². The Morgan fingerprint density at radius 3 is 2.45 bits per heavy atom. The Bertz CT molecular complexity index is 711. The highest BCUT2D eigenvalue weighted by molar-refractivity contribution is 14.0. The zero-order valence-corrected chi connectivity index (χ0v) is 22.4. The fourth-order valence-corrected chi connectivity index (χ4v) is 3.98. The van der Waals surface area contributed by atoms with Gasteiger partial charge in [0, 0.05) is 44.1 Å². The molecule has 2 rings (SSSR count). The number of nitrogens with one attached hydrogen (secondary N) is 2. The maximum Gasteiger partial charge on any atom is 0.225 e. The third-order valence-corrected chi connectivity index (χ3v) is 6.25. The molecule has 176 valence electrons. The van der Waals surface area contributed by atoms with Gasteiger partial charge in [-0.1, -0.05) is 39.8 Å². The number of aliphatic imine (C=N–C) groups is 1. The van der Waals surface area contributed by atoms with Crippen LogP contribution in [0.25, 0.3) is 0 Å². The first-order chi connectivity index (χ1) is 14.3. The van der Waals surface area contributed by atoms with Crippen LogP contribution in [-0.2, 0) is 10.2 Å². The van der Waals surface area contributed by atoms with Crippen LogP contribution in [-0.4, -0.2) is 56.6 Å². The molecule has 6 nitrogen and oxygen atoms in total. The van der Waals surface area contributed by atoms with E-state index in [0.29, 0.717) is 11.9 Å². The topological polar surface area (TPSA) is 66.0 Å². The Kier molecular flexibility index (Phi) is 11.7. The molecule has 1 fully saturated rings. The van der Waals surface area contributed by atoms with Crippen LogP contribution in [0.2, 0.25) is 0 Å². The largest absolute Gasteiger partial charge is 0.497 e. The van der Waals surface area contributed by atoms with Crippen molar-refractivity contribution in [2.75, 3.05) is 33.8 Å². The van der Waals surface area contributed by atoms with Crippen LogP contribution in [0.3, 0.4) is 0 Å². The Balaban J connectivity index is 0.00000480. The molecule has 1 aromatic carbocycles. The summed E-state index contributed by atoms with van der Waals surface area (Å²) in [4.78, 5) is 19.0. The van der Waals surface area contributed by atoms with E-state index in [9.17, 15) is 4.79 Å². The summed E-state index contributed by atoms with van der Waals surface area (Å²) in [5, 5.41) is 7.03. The minimum absolute atomic E-state index is 0. The van der Waals surface area contributed by atoms with Crippen LogP contribution in [0.5, 0.6) is 5.75 Å². The molecule has 1 heterocycles. The molecule has 0 atom stereocenters. The van der Waals surface area contributed by atoms with Gasteiger partial charge in [0.2, 0.25) is 5.91 Å². The van der Waals surface area contributed by atoms with E-state index in [1.807, 2.05) is 17.0 Å². The number of rotatable bonds is 8. The van der Waals surface area contributed by atoms with Gasteiger partial charge in [0.05, 0.1) is 7.11 Å². The Hall–Kier alpha value is -1.51. The quantitative estimate of drug-likeness (QED) is 0.293. The lowest BCUT2D eigenvalue weighted by Crippen LogP contribution is -2.51. The van der Waals surface area contributed by atoms with Crippen molar-refractivity contribution in [1.82, 2.24) is 15.5 Å². The third kappa shape index (κ3) is 7.84. The van der Waals surface area contributed by atoms with Crippen molar-refractivity contribution in [1.29, 1.82) is 0 Å². The number of piperidine rings is 1. The molecular formula is C24H41IN4O2. The zero-order valence-electron chi connectivity index (χ0n) is 20.0. The molecule has 2 N–H and O–H groups in total. The number of likely N-dealkylation sites (tertiary alicyclic amines) is 1. The van der Waals surface area contributed by atoms with Crippen LogP contribution in [0.1, 0.15) is 58.9 Å². The van der Waals surface area contributed by atoms with Gasteiger partial charge < -0.3 is 20.3 Å². The van der Waals surface area contributed by atoms with E-state index in [4.69, 9.17) is 4.74 Å². The van der Waals surface area contributed by atoms with Crippen molar-refractivity contribution >= 4 is 35.8 Å². The summed E-state index contributed by atoms with van der Waals surface area (Å²) in [5.74, 6) is 2.18. The molecule has 7 heteroatoms. The fraction of sp³-hybridized carbons (Fsp3) is 0.667. The normalized spacial score (nSPS) is 15.5. The predicted octanol–water partition coefficient (Wildman–Crippen LogP) is 4.18. The summed E-state index contributed by atoms with van der Waals surface area (Å²) in [6.45, 7) is 11.0. The lowest BCUT2D eigenvalue weighted by Gasteiger charge is -2.35. The number of hydrogen-bond acceptors (Lipinski definition) is 3. The predicted molar refractivity (Wildman–Crippen MR) is 140 cm³/mol. The first-order valence-corrected chi connectivity index (χ1v) is 11.2. The van der Waals surface area contributed by atoms with Gasteiger partial charge in [-0.05, 0) is 43.4 Å². The van der Waals surface area contributed by atoms with E-state index in [-0.39, 0.29) is 35.3 Å². The molecule has 1 saturated heterocycles. The number of methoxy groups -OCH3 is 1. The van der Waals surface area contributed by atoms with Crippen LogP contribution >= 0.6 is 24.0 Å². The minimum atomic E-state index is -0.0722. The molecule has 1 amide bonds. The number of nitrogens with zero attached hydrogens (tertiary/aromatic N) is 2. The fourth-order valence-electron chi connectivity index (χ4n) is 3.98. The molecule has 0 saturated carbocycles. The summed E-state index contributed by atoms with van der Waals surface area (Å²) in [7, 11) is 3.50. The summed E-state index contributed by atoms with van der Waals surface area (Å²) in [5.41, 5.74) is 1.15. The number of hydrogen-bond donors (Lipinski definition) is 2. The number of carbonyl (C=O) groups is 1. The number of halogens is 1. The molecule has 0 aromatic heterocycles. The summed E-state index contributed by atoms with van der Waals surface area (Å²) < 4.78 is 5.37. The molecule has 1 aliphatic rings. The second-order valence-corrected chi connectivity index (χ2v) is 8.80. The van der Waals surface area contributed by atoms with E-state index in [2.05, 4.69) is 55.5 Å². The van der Waals surface area contributed by atoms with Crippen LogP contribution in [0, 0.1) is 5.92 Å². The van der Waals surface area contributed by atoms with Crippen LogP contribution in [0.15, 0.2) is 29.3 Å². The molecule has 1 aromatic rings. The molecule has 1 aliphatic heterocycles. The Morgan fingerprint density at radius 2 is 1.90 bits per heavy atom. The highest BCUT2D eigenvalue weighted by atomic mass is 127. The van der Waals surface area contributed by atoms with Gasteiger partial charge in [0.1, 0.15) is 5.75 Å². The van der Waals surface area contributed by atoms with Gasteiger partial charge in [-0.3, -0.25) is 9.79 Å². The average Bonchev–Trinajstić information content (AvgIpc) is 2.77. The third-order valence-electron chi connectivity index (χ3n) is 6.25. The molecule has 31 heavy (non-hydrogen) atoms. The lowest BCUT2D eigenvalue weighted by atomic mass is 9.84. The maximum absolute atomic E-state index is 12.6.